The monoisotopic (exact) mass is 319 g/mol. The summed E-state index contributed by atoms with van der Waals surface area (Å²) in [5.74, 6) is -0.0704. The molecular weight excluding hydrogens is 294 g/mol. The van der Waals surface area contributed by atoms with Crippen molar-refractivity contribution >= 4 is 17.7 Å². The molecule has 1 fully saturated rings. The predicted octanol–water partition coefficient (Wildman–Crippen LogP) is 2.28. The Balaban J connectivity index is 1.95. The van der Waals surface area contributed by atoms with Crippen LogP contribution < -0.4 is 11.1 Å². The van der Waals surface area contributed by atoms with E-state index in [0.29, 0.717) is 25.2 Å². The van der Waals surface area contributed by atoms with Crippen molar-refractivity contribution in [2.45, 2.75) is 51.8 Å². The number of benzene rings is 1. The summed E-state index contributed by atoms with van der Waals surface area (Å²) in [6.07, 6.45) is 0.933. The number of anilines is 1. The highest BCUT2D eigenvalue weighted by Gasteiger charge is 2.31. The number of alkyl carbamates (subject to hydrolysis) is 1. The largest absolute Gasteiger partial charge is 0.444 e. The second-order valence-electron chi connectivity index (χ2n) is 6.84. The fourth-order valence-electron chi connectivity index (χ4n) is 2.52. The molecule has 2 amide bonds. The fraction of sp³-hybridized carbons (Fsp3) is 0.529. The van der Waals surface area contributed by atoms with Gasteiger partial charge in [0.15, 0.2) is 0 Å². The van der Waals surface area contributed by atoms with Crippen LogP contribution >= 0.6 is 0 Å². The highest BCUT2D eigenvalue weighted by atomic mass is 16.6. The molecule has 1 aliphatic rings. The van der Waals surface area contributed by atoms with Gasteiger partial charge >= 0.3 is 6.09 Å². The summed E-state index contributed by atoms with van der Waals surface area (Å²) in [4.78, 5) is 26.1. The number of ether oxygens (including phenoxy) is 1. The van der Waals surface area contributed by atoms with E-state index in [4.69, 9.17) is 10.5 Å². The van der Waals surface area contributed by atoms with Gasteiger partial charge in [0.05, 0.1) is 0 Å². The van der Waals surface area contributed by atoms with Gasteiger partial charge in [-0.2, -0.15) is 0 Å². The van der Waals surface area contributed by atoms with Crippen molar-refractivity contribution in [1.29, 1.82) is 0 Å². The quantitative estimate of drug-likeness (QED) is 0.837. The number of nitrogens with two attached hydrogens (primary N) is 1. The molecule has 1 atom stereocenters. The van der Waals surface area contributed by atoms with Crippen LogP contribution in [0.25, 0.3) is 0 Å². The van der Waals surface area contributed by atoms with Crippen molar-refractivity contribution in [3.63, 3.8) is 0 Å². The van der Waals surface area contributed by atoms with Gasteiger partial charge in [-0.15, -0.1) is 0 Å². The van der Waals surface area contributed by atoms with Crippen molar-refractivity contribution in [3.8, 4) is 0 Å². The lowest BCUT2D eigenvalue weighted by atomic mass is 10.0. The molecule has 6 heteroatoms. The standard InChI is InChI=1S/C17H25N3O3/c1-17(2,3)23-16(22)19-14-5-4-10-20(15(14)21)11-12-6-8-13(18)9-7-12/h6-9,14H,4-5,10-11,18H2,1-3H3,(H,19,22). The van der Waals surface area contributed by atoms with Crippen LogP contribution in [0.15, 0.2) is 24.3 Å². The Morgan fingerprint density at radius 3 is 2.61 bits per heavy atom. The maximum atomic E-state index is 12.5. The van der Waals surface area contributed by atoms with E-state index >= 15 is 0 Å². The molecule has 1 aromatic carbocycles. The number of nitrogens with zero attached hydrogens (tertiary/aromatic N) is 1. The number of nitrogen functional groups attached to an aromatic ring is 1. The molecular formula is C17H25N3O3. The first-order valence-electron chi connectivity index (χ1n) is 7.87. The number of rotatable bonds is 3. The summed E-state index contributed by atoms with van der Waals surface area (Å²) >= 11 is 0. The smallest absolute Gasteiger partial charge is 0.408 e. The Hall–Kier alpha value is -2.24. The van der Waals surface area contributed by atoms with E-state index in [-0.39, 0.29) is 5.91 Å². The Morgan fingerprint density at radius 1 is 1.35 bits per heavy atom. The molecule has 1 unspecified atom stereocenters. The normalized spacial score (nSPS) is 18.7. The zero-order chi connectivity index (χ0) is 17.0. The van der Waals surface area contributed by atoms with Crippen molar-refractivity contribution in [2.75, 3.05) is 12.3 Å². The number of piperidine rings is 1. The summed E-state index contributed by atoms with van der Waals surface area (Å²) in [7, 11) is 0. The van der Waals surface area contributed by atoms with Gasteiger partial charge in [0.25, 0.3) is 0 Å². The lowest BCUT2D eigenvalue weighted by molar-refractivity contribution is -0.136. The number of carbonyl (C=O) groups excluding carboxylic acids is 2. The van der Waals surface area contributed by atoms with E-state index in [9.17, 15) is 9.59 Å². The van der Waals surface area contributed by atoms with Crippen molar-refractivity contribution in [2.24, 2.45) is 0 Å². The van der Waals surface area contributed by atoms with E-state index in [1.165, 1.54) is 0 Å². The fourth-order valence-corrected chi connectivity index (χ4v) is 2.52. The third-order valence-corrected chi connectivity index (χ3v) is 3.57. The van der Waals surface area contributed by atoms with Crippen molar-refractivity contribution < 1.29 is 14.3 Å². The van der Waals surface area contributed by atoms with E-state index in [0.717, 1.165) is 12.0 Å². The second-order valence-corrected chi connectivity index (χ2v) is 6.84. The van der Waals surface area contributed by atoms with E-state index in [2.05, 4.69) is 5.32 Å². The maximum Gasteiger partial charge on any atom is 0.408 e. The van der Waals surface area contributed by atoms with Gasteiger partial charge in [-0.1, -0.05) is 12.1 Å². The topological polar surface area (TPSA) is 84.7 Å². The van der Waals surface area contributed by atoms with Crippen LogP contribution in [0.3, 0.4) is 0 Å². The Labute approximate surface area is 137 Å². The SMILES string of the molecule is CC(C)(C)OC(=O)NC1CCCN(Cc2ccc(N)cc2)C1=O. The Kier molecular flexibility index (Phi) is 5.13. The van der Waals surface area contributed by atoms with Gasteiger partial charge < -0.3 is 20.7 Å². The van der Waals surface area contributed by atoms with Gasteiger partial charge in [0.1, 0.15) is 11.6 Å². The highest BCUT2D eigenvalue weighted by Crippen LogP contribution is 2.17. The van der Waals surface area contributed by atoms with Crippen LogP contribution in [0.5, 0.6) is 0 Å². The summed E-state index contributed by atoms with van der Waals surface area (Å²) in [6, 6.07) is 6.94. The average molecular weight is 319 g/mol. The summed E-state index contributed by atoms with van der Waals surface area (Å²) in [5.41, 5.74) is 6.81. The minimum Gasteiger partial charge on any atom is -0.444 e. The minimum atomic E-state index is -0.578. The van der Waals surface area contributed by atoms with Gasteiger partial charge in [-0.3, -0.25) is 4.79 Å². The van der Waals surface area contributed by atoms with E-state index < -0.39 is 17.7 Å². The van der Waals surface area contributed by atoms with Gasteiger partial charge in [-0.05, 0) is 51.3 Å². The molecule has 0 bridgehead atoms. The highest BCUT2D eigenvalue weighted by molar-refractivity contribution is 5.86. The first-order valence-corrected chi connectivity index (χ1v) is 7.87. The molecule has 126 valence electrons. The predicted molar refractivity (Wildman–Crippen MR) is 88.7 cm³/mol. The summed E-state index contributed by atoms with van der Waals surface area (Å²) in [6.45, 7) is 6.59. The number of nitrogens with one attached hydrogen (secondary N) is 1. The molecule has 0 aromatic heterocycles. The molecule has 6 nitrogen and oxygen atoms in total. The molecule has 2 rings (SSSR count). The molecule has 0 aliphatic carbocycles. The Bertz CT molecular complexity index is 563. The van der Waals surface area contributed by atoms with Crippen LogP contribution in [0.1, 0.15) is 39.2 Å². The van der Waals surface area contributed by atoms with Gasteiger partial charge in [0.2, 0.25) is 5.91 Å². The maximum absolute atomic E-state index is 12.5. The van der Waals surface area contributed by atoms with Crippen LogP contribution in [0.4, 0.5) is 10.5 Å². The zero-order valence-electron chi connectivity index (χ0n) is 14.0. The van der Waals surface area contributed by atoms with E-state index in [1.807, 2.05) is 24.3 Å². The first-order chi connectivity index (χ1) is 10.7. The van der Waals surface area contributed by atoms with Crippen LogP contribution in [-0.4, -0.2) is 35.1 Å². The number of hydrogen-bond donors (Lipinski definition) is 2. The number of carbonyl (C=O) groups is 2. The molecule has 0 radical (unpaired) electrons. The van der Waals surface area contributed by atoms with Crippen LogP contribution in [0.2, 0.25) is 0 Å². The molecule has 0 spiro atoms. The number of hydrogen-bond acceptors (Lipinski definition) is 4. The second kappa shape index (κ2) is 6.89. The molecule has 0 saturated carbocycles. The third-order valence-electron chi connectivity index (χ3n) is 3.57. The van der Waals surface area contributed by atoms with Crippen LogP contribution in [-0.2, 0) is 16.1 Å². The zero-order valence-corrected chi connectivity index (χ0v) is 14.0. The lowest BCUT2D eigenvalue weighted by Crippen LogP contribution is -2.52. The minimum absolute atomic E-state index is 0.0704. The molecule has 1 aliphatic heterocycles. The molecule has 1 aromatic rings. The van der Waals surface area contributed by atoms with Crippen LogP contribution in [0, 0.1) is 0 Å². The molecule has 3 N–H and O–H groups in total. The Morgan fingerprint density at radius 2 is 2.00 bits per heavy atom. The first kappa shape index (κ1) is 17.1. The average Bonchev–Trinajstić information content (AvgIpc) is 2.43. The summed E-state index contributed by atoms with van der Waals surface area (Å²) in [5, 5.41) is 2.68. The van der Waals surface area contributed by atoms with Gasteiger partial charge in [0, 0.05) is 18.8 Å². The third kappa shape index (κ3) is 5.16. The van der Waals surface area contributed by atoms with E-state index in [1.54, 1.807) is 25.7 Å². The van der Waals surface area contributed by atoms with Crippen molar-refractivity contribution in [1.82, 2.24) is 10.2 Å². The molecule has 1 heterocycles. The number of amides is 2. The molecule has 23 heavy (non-hydrogen) atoms. The van der Waals surface area contributed by atoms with Crippen molar-refractivity contribution in [3.05, 3.63) is 29.8 Å². The number of likely N-dealkylation sites (tertiary alicyclic amines) is 1. The van der Waals surface area contributed by atoms with Gasteiger partial charge in [-0.25, -0.2) is 4.79 Å². The lowest BCUT2D eigenvalue weighted by Gasteiger charge is -2.33. The summed E-state index contributed by atoms with van der Waals surface area (Å²) < 4.78 is 5.22. The molecule has 1 saturated heterocycles.